The van der Waals surface area contributed by atoms with Crippen LogP contribution in [0.1, 0.15) is 37.7 Å². The number of H-pyrrole nitrogens is 1. The van der Waals surface area contributed by atoms with Crippen LogP contribution in [0.2, 0.25) is 0 Å². The zero-order valence-corrected chi connectivity index (χ0v) is 12.3. The molecule has 1 saturated carbocycles. The Bertz CT molecular complexity index is 705. The molecule has 2 nitrogen and oxygen atoms in total. The normalized spacial score (nSPS) is 23.3. The Balaban J connectivity index is 1.64. The smallest absolute Gasteiger partial charge is 0.196 e. The number of halogens is 3. The number of benzene rings is 1. The summed E-state index contributed by atoms with van der Waals surface area (Å²) in [5.74, 6) is -3.64. The maximum atomic E-state index is 13.8. The van der Waals surface area contributed by atoms with Gasteiger partial charge >= 0.3 is 0 Å². The molecule has 2 heterocycles. The van der Waals surface area contributed by atoms with Crippen molar-refractivity contribution in [2.24, 2.45) is 0 Å². The van der Waals surface area contributed by atoms with E-state index in [4.69, 9.17) is 0 Å². The Morgan fingerprint density at radius 2 is 1.91 bits per heavy atom. The van der Waals surface area contributed by atoms with Gasteiger partial charge < -0.3 is 4.98 Å². The summed E-state index contributed by atoms with van der Waals surface area (Å²) in [4.78, 5) is 5.32. The summed E-state index contributed by atoms with van der Waals surface area (Å²) in [7, 11) is 0. The molecule has 5 heteroatoms. The van der Waals surface area contributed by atoms with Crippen LogP contribution >= 0.6 is 0 Å². The van der Waals surface area contributed by atoms with Gasteiger partial charge in [-0.05, 0) is 50.3 Å². The number of likely N-dealkylation sites (tertiary alicyclic amines) is 1. The first kappa shape index (κ1) is 14.1. The minimum atomic E-state index is -1.40. The van der Waals surface area contributed by atoms with Crippen LogP contribution in [-0.2, 0) is 6.42 Å². The van der Waals surface area contributed by atoms with Crippen LogP contribution in [0.5, 0.6) is 0 Å². The summed E-state index contributed by atoms with van der Waals surface area (Å²) in [6.45, 7) is 1.12. The van der Waals surface area contributed by atoms with E-state index in [-0.39, 0.29) is 5.52 Å². The first-order chi connectivity index (χ1) is 10.6. The molecule has 118 valence electrons. The summed E-state index contributed by atoms with van der Waals surface area (Å²) in [6, 6.07) is 2.23. The summed E-state index contributed by atoms with van der Waals surface area (Å²) in [5.41, 5.74) is 0.950. The number of hydrogen-bond donors (Lipinski definition) is 1. The van der Waals surface area contributed by atoms with Gasteiger partial charge in [0.15, 0.2) is 17.5 Å². The molecule has 1 aliphatic heterocycles. The fourth-order valence-electron chi connectivity index (χ4n) is 3.93. The first-order valence-electron chi connectivity index (χ1n) is 8.04. The summed E-state index contributed by atoms with van der Waals surface area (Å²) >= 11 is 0. The predicted octanol–water partition coefficient (Wildman–Crippen LogP) is 4.14. The number of aromatic nitrogens is 1. The molecule has 1 aliphatic carbocycles. The van der Waals surface area contributed by atoms with Gasteiger partial charge in [0.05, 0.1) is 5.52 Å². The average molecular weight is 308 g/mol. The van der Waals surface area contributed by atoms with Crippen LogP contribution in [0.3, 0.4) is 0 Å². The predicted molar refractivity (Wildman–Crippen MR) is 79.2 cm³/mol. The zero-order valence-electron chi connectivity index (χ0n) is 12.3. The molecule has 1 aromatic heterocycles. The third kappa shape index (κ3) is 2.14. The van der Waals surface area contributed by atoms with Crippen LogP contribution in [0.15, 0.2) is 12.3 Å². The lowest BCUT2D eigenvalue weighted by Gasteiger charge is -2.38. The van der Waals surface area contributed by atoms with Crippen molar-refractivity contribution < 1.29 is 13.2 Å². The minimum absolute atomic E-state index is 0.0714. The molecule has 0 bridgehead atoms. The summed E-state index contributed by atoms with van der Waals surface area (Å²) in [6.07, 6.45) is 8.59. The molecular formula is C17H19F3N2. The summed E-state index contributed by atoms with van der Waals surface area (Å²) < 4.78 is 40.6. The minimum Gasteiger partial charge on any atom is -0.358 e. The highest BCUT2D eigenvalue weighted by molar-refractivity contribution is 5.84. The van der Waals surface area contributed by atoms with E-state index in [1.807, 2.05) is 0 Å². The fraction of sp³-hybridized carbons (Fsp3) is 0.529. The zero-order chi connectivity index (χ0) is 15.3. The maximum Gasteiger partial charge on any atom is 0.196 e. The van der Waals surface area contributed by atoms with Crippen molar-refractivity contribution in [2.75, 3.05) is 6.54 Å². The topological polar surface area (TPSA) is 19.0 Å². The van der Waals surface area contributed by atoms with Gasteiger partial charge in [0.25, 0.3) is 0 Å². The van der Waals surface area contributed by atoms with E-state index in [2.05, 4.69) is 9.88 Å². The molecule has 1 aromatic carbocycles. The van der Waals surface area contributed by atoms with Gasteiger partial charge in [-0.15, -0.1) is 0 Å². The molecule has 1 N–H and O–H groups in total. The SMILES string of the molecule is Fc1cc2c(CC3CCCN3C3CCC3)c[nH]c2c(F)c1F. The second-order valence-electron chi connectivity index (χ2n) is 6.55. The quantitative estimate of drug-likeness (QED) is 0.844. The van der Waals surface area contributed by atoms with Crippen LogP contribution in [-0.4, -0.2) is 28.5 Å². The molecule has 1 saturated heterocycles. The molecule has 1 atom stereocenters. The van der Waals surface area contributed by atoms with Crippen molar-refractivity contribution in [2.45, 2.75) is 50.6 Å². The van der Waals surface area contributed by atoms with Gasteiger partial charge in [-0.25, -0.2) is 13.2 Å². The number of fused-ring (bicyclic) bond motifs is 1. The van der Waals surface area contributed by atoms with E-state index in [0.717, 1.165) is 31.0 Å². The lowest BCUT2D eigenvalue weighted by Crippen LogP contribution is -2.43. The van der Waals surface area contributed by atoms with Gasteiger partial charge in [0, 0.05) is 23.7 Å². The highest BCUT2D eigenvalue weighted by Crippen LogP contribution is 2.34. The second-order valence-corrected chi connectivity index (χ2v) is 6.55. The van der Waals surface area contributed by atoms with E-state index >= 15 is 0 Å². The molecule has 2 aromatic rings. The van der Waals surface area contributed by atoms with Crippen LogP contribution in [0, 0.1) is 17.5 Å². The van der Waals surface area contributed by atoms with E-state index < -0.39 is 17.5 Å². The molecule has 2 fully saturated rings. The van der Waals surface area contributed by atoms with Crippen molar-refractivity contribution in [1.82, 2.24) is 9.88 Å². The van der Waals surface area contributed by atoms with Crippen LogP contribution in [0.25, 0.3) is 10.9 Å². The molecular weight excluding hydrogens is 289 g/mol. The molecule has 1 unspecified atom stereocenters. The third-order valence-electron chi connectivity index (χ3n) is 5.32. The first-order valence-corrected chi connectivity index (χ1v) is 8.04. The molecule has 2 aliphatic rings. The molecule has 0 radical (unpaired) electrons. The van der Waals surface area contributed by atoms with Gasteiger partial charge in [-0.2, -0.15) is 0 Å². The van der Waals surface area contributed by atoms with Crippen molar-refractivity contribution in [1.29, 1.82) is 0 Å². The monoisotopic (exact) mass is 308 g/mol. The average Bonchev–Trinajstić information content (AvgIpc) is 3.04. The number of rotatable bonds is 3. The summed E-state index contributed by atoms with van der Waals surface area (Å²) in [5, 5.41) is 0.469. The Hall–Kier alpha value is -1.49. The van der Waals surface area contributed by atoms with Crippen LogP contribution < -0.4 is 0 Å². The van der Waals surface area contributed by atoms with Crippen molar-refractivity contribution in [3.8, 4) is 0 Å². The lowest BCUT2D eigenvalue weighted by molar-refractivity contribution is 0.114. The Morgan fingerprint density at radius 1 is 1.09 bits per heavy atom. The highest BCUT2D eigenvalue weighted by atomic mass is 19.2. The van der Waals surface area contributed by atoms with E-state index in [0.29, 0.717) is 17.5 Å². The molecule has 22 heavy (non-hydrogen) atoms. The third-order valence-corrected chi connectivity index (χ3v) is 5.32. The Labute approximate surface area is 127 Å². The number of aromatic amines is 1. The standard InChI is InChI=1S/C17H19F3N2/c18-14-8-13-10(9-21-17(13)16(20)15(14)19)7-12-5-2-6-22(12)11-3-1-4-11/h8-9,11-12,21H,1-7H2. The number of nitrogens with zero attached hydrogens (tertiary/aromatic N) is 1. The van der Waals surface area contributed by atoms with Gasteiger partial charge in [0.2, 0.25) is 0 Å². The van der Waals surface area contributed by atoms with E-state index in [9.17, 15) is 13.2 Å². The van der Waals surface area contributed by atoms with Gasteiger partial charge in [0.1, 0.15) is 0 Å². The second kappa shape index (κ2) is 5.30. The van der Waals surface area contributed by atoms with Crippen LogP contribution in [0.4, 0.5) is 13.2 Å². The van der Waals surface area contributed by atoms with Crippen molar-refractivity contribution in [3.63, 3.8) is 0 Å². The molecule has 0 spiro atoms. The lowest BCUT2D eigenvalue weighted by atomic mass is 9.90. The molecule has 0 amide bonds. The number of nitrogens with one attached hydrogen (secondary N) is 1. The van der Waals surface area contributed by atoms with Gasteiger partial charge in [-0.3, -0.25) is 4.90 Å². The van der Waals surface area contributed by atoms with E-state index in [1.54, 1.807) is 6.20 Å². The van der Waals surface area contributed by atoms with E-state index in [1.165, 1.54) is 25.7 Å². The largest absolute Gasteiger partial charge is 0.358 e. The van der Waals surface area contributed by atoms with Crippen molar-refractivity contribution in [3.05, 3.63) is 35.3 Å². The highest BCUT2D eigenvalue weighted by Gasteiger charge is 2.34. The van der Waals surface area contributed by atoms with Gasteiger partial charge in [-0.1, -0.05) is 6.42 Å². The maximum absolute atomic E-state index is 13.8. The fourth-order valence-corrected chi connectivity index (χ4v) is 3.93. The molecule has 4 rings (SSSR count). The Kier molecular flexibility index (Phi) is 3.40. The Morgan fingerprint density at radius 3 is 2.64 bits per heavy atom. The van der Waals surface area contributed by atoms with Crippen molar-refractivity contribution >= 4 is 10.9 Å². The number of hydrogen-bond acceptors (Lipinski definition) is 1.